The second kappa shape index (κ2) is 5.52. The zero-order valence-corrected chi connectivity index (χ0v) is 11.0. The fourth-order valence-corrected chi connectivity index (χ4v) is 1.97. The molecule has 0 bridgehead atoms. The molecule has 0 unspecified atom stereocenters. The normalized spacial score (nSPS) is 10.2. The maximum absolute atomic E-state index is 12.4. The summed E-state index contributed by atoms with van der Waals surface area (Å²) in [6, 6.07) is 9.02. The molecule has 0 saturated heterocycles. The van der Waals surface area contributed by atoms with Crippen LogP contribution in [0.2, 0.25) is 0 Å². The van der Waals surface area contributed by atoms with Crippen LogP contribution in [-0.4, -0.2) is 17.4 Å². The summed E-state index contributed by atoms with van der Waals surface area (Å²) in [5.74, 6) is -0.282. The third-order valence-electron chi connectivity index (χ3n) is 2.93. The third kappa shape index (κ3) is 2.73. The van der Waals surface area contributed by atoms with Gasteiger partial charge in [0.05, 0.1) is 0 Å². The molecule has 0 aliphatic rings. The maximum atomic E-state index is 12.4. The Morgan fingerprint density at radius 2 is 2.11 bits per heavy atom. The molecular formula is C15H16N2O2. The summed E-state index contributed by atoms with van der Waals surface area (Å²) in [6.07, 6.45) is 2.96. The summed E-state index contributed by atoms with van der Waals surface area (Å²) in [5.41, 5.74) is 1.77. The molecule has 0 radical (unpaired) electrons. The summed E-state index contributed by atoms with van der Waals surface area (Å²) in [7, 11) is 0. The lowest BCUT2D eigenvalue weighted by Gasteiger charge is -2.21. The first-order valence-corrected chi connectivity index (χ1v) is 6.19. The molecule has 0 aliphatic carbocycles. The van der Waals surface area contributed by atoms with Gasteiger partial charge < -0.3 is 9.88 Å². The Kier molecular flexibility index (Phi) is 3.80. The lowest BCUT2D eigenvalue weighted by molar-refractivity contribution is 0.0987. The number of aromatic nitrogens is 1. The average molecular weight is 256 g/mol. The van der Waals surface area contributed by atoms with Crippen molar-refractivity contribution in [1.29, 1.82) is 0 Å². The summed E-state index contributed by atoms with van der Waals surface area (Å²) < 4.78 is 0. The van der Waals surface area contributed by atoms with Gasteiger partial charge in [0.15, 0.2) is 5.43 Å². The van der Waals surface area contributed by atoms with E-state index in [2.05, 4.69) is 4.98 Å². The van der Waals surface area contributed by atoms with Crippen LogP contribution in [0, 0.1) is 6.92 Å². The minimum Gasteiger partial charge on any atom is -0.367 e. The van der Waals surface area contributed by atoms with Gasteiger partial charge >= 0.3 is 0 Å². The number of hydrogen-bond acceptors (Lipinski definition) is 2. The van der Waals surface area contributed by atoms with Crippen molar-refractivity contribution in [3.8, 4) is 0 Å². The Balaban J connectivity index is 2.41. The van der Waals surface area contributed by atoms with E-state index in [4.69, 9.17) is 0 Å². The largest absolute Gasteiger partial charge is 0.367 e. The SMILES string of the molecule is CCN(C(=O)c1c[nH]ccc1=O)c1cccc(C)c1. The van der Waals surface area contributed by atoms with Crippen molar-refractivity contribution in [2.24, 2.45) is 0 Å². The van der Waals surface area contributed by atoms with Gasteiger partial charge in [-0.25, -0.2) is 0 Å². The topological polar surface area (TPSA) is 53.2 Å². The summed E-state index contributed by atoms with van der Waals surface area (Å²) in [4.78, 5) is 28.5. The lowest BCUT2D eigenvalue weighted by Crippen LogP contribution is -2.34. The molecule has 0 saturated carbocycles. The van der Waals surface area contributed by atoms with Gasteiger partial charge in [-0.3, -0.25) is 9.59 Å². The number of aromatic amines is 1. The van der Waals surface area contributed by atoms with Crippen LogP contribution >= 0.6 is 0 Å². The number of aryl methyl sites for hydroxylation is 1. The molecule has 1 aromatic carbocycles. The van der Waals surface area contributed by atoms with Crippen molar-refractivity contribution in [1.82, 2.24) is 4.98 Å². The zero-order valence-electron chi connectivity index (χ0n) is 11.0. The molecule has 1 amide bonds. The number of anilines is 1. The van der Waals surface area contributed by atoms with E-state index in [1.165, 1.54) is 18.5 Å². The zero-order chi connectivity index (χ0) is 13.8. The van der Waals surface area contributed by atoms with Crippen LogP contribution in [0.25, 0.3) is 0 Å². The highest BCUT2D eigenvalue weighted by Gasteiger charge is 2.18. The van der Waals surface area contributed by atoms with Crippen molar-refractivity contribution >= 4 is 11.6 Å². The van der Waals surface area contributed by atoms with Gasteiger partial charge in [-0.2, -0.15) is 0 Å². The van der Waals surface area contributed by atoms with Gasteiger partial charge in [0, 0.05) is 30.7 Å². The molecule has 0 fully saturated rings. The van der Waals surface area contributed by atoms with Crippen molar-refractivity contribution in [2.45, 2.75) is 13.8 Å². The Morgan fingerprint density at radius 1 is 1.32 bits per heavy atom. The number of carbonyl (C=O) groups is 1. The number of benzene rings is 1. The molecule has 98 valence electrons. The number of rotatable bonds is 3. The van der Waals surface area contributed by atoms with Gasteiger partial charge in [0.25, 0.3) is 5.91 Å². The predicted octanol–water partition coefficient (Wildman–Crippen LogP) is 2.35. The highest BCUT2D eigenvalue weighted by molar-refractivity contribution is 6.05. The Labute approximate surface area is 111 Å². The van der Waals surface area contributed by atoms with E-state index in [1.807, 2.05) is 38.1 Å². The summed E-state index contributed by atoms with van der Waals surface area (Å²) in [5, 5.41) is 0. The van der Waals surface area contributed by atoms with Crippen LogP contribution in [0.5, 0.6) is 0 Å². The van der Waals surface area contributed by atoms with Crippen molar-refractivity contribution < 1.29 is 4.79 Å². The van der Waals surface area contributed by atoms with Crippen LogP contribution in [-0.2, 0) is 0 Å². The fraction of sp³-hybridized carbons (Fsp3) is 0.200. The maximum Gasteiger partial charge on any atom is 0.263 e. The van der Waals surface area contributed by atoms with Crippen LogP contribution in [0.3, 0.4) is 0 Å². The van der Waals surface area contributed by atoms with Gasteiger partial charge in [-0.15, -0.1) is 0 Å². The molecule has 1 aromatic heterocycles. The highest BCUT2D eigenvalue weighted by Crippen LogP contribution is 2.17. The van der Waals surface area contributed by atoms with E-state index < -0.39 is 0 Å². The minimum atomic E-state index is -0.282. The predicted molar refractivity (Wildman–Crippen MR) is 75.6 cm³/mol. The number of H-pyrrole nitrogens is 1. The van der Waals surface area contributed by atoms with E-state index in [9.17, 15) is 9.59 Å². The molecule has 2 aromatic rings. The molecule has 4 nitrogen and oxygen atoms in total. The highest BCUT2D eigenvalue weighted by atomic mass is 16.2. The third-order valence-corrected chi connectivity index (χ3v) is 2.93. The molecule has 0 spiro atoms. The molecule has 4 heteroatoms. The van der Waals surface area contributed by atoms with Crippen LogP contribution in [0.4, 0.5) is 5.69 Å². The first kappa shape index (κ1) is 13.1. The fourth-order valence-electron chi connectivity index (χ4n) is 1.97. The van der Waals surface area contributed by atoms with Crippen molar-refractivity contribution in [3.63, 3.8) is 0 Å². The Morgan fingerprint density at radius 3 is 2.74 bits per heavy atom. The van der Waals surface area contributed by atoms with Gasteiger partial charge in [0.1, 0.15) is 5.56 Å². The molecule has 19 heavy (non-hydrogen) atoms. The quantitative estimate of drug-likeness (QED) is 0.916. The Hall–Kier alpha value is -2.36. The standard InChI is InChI=1S/C15H16N2O2/c1-3-17(12-6-4-5-11(2)9-12)15(19)13-10-16-8-7-14(13)18/h4-10H,3H2,1-2H3,(H,16,18). The molecule has 1 N–H and O–H groups in total. The Bertz CT molecular complexity index is 646. The lowest BCUT2D eigenvalue weighted by atomic mass is 10.1. The van der Waals surface area contributed by atoms with E-state index in [0.717, 1.165) is 11.3 Å². The first-order valence-electron chi connectivity index (χ1n) is 6.19. The molecule has 2 rings (SSSR count). The van der Waals surface area contributed by atoms with Gasteiger partial charge in [-0.1, -0.05) is 12.1 Å². The van der Waals surface area contributed by atoms with Crippen LogP contribution in [0.15, 0.2) is 47.5 Å². The number of amides is 1. The minimum absolute atomic E-state index is 0.158. The number of nitrogens with one attached hydrogen (secondary N) is 1. The number of nitrogens with zero attached hydrogens (tertiary/aromatic N) is 1. The summed E-state index contributed by atoms with van der Waals surface area (Å²) >= 11 is 0. The van der Waals surface area contributed by atoms with Crippen molar-refractivity contribution in [3.05, 3.63) is 64.1 Å². The van der Waals surface area contributed by atoms with E-state index in [0.29, 0.717) is 6.54 Å². The summed E-state index contributed by atoms with van der Waals surface area (Å²) in [6.45, 7) is 4.37. The smallest absolute Gasteiger partial charge is 0.263 e. The van der Waals surface area contributed by atoms with Crippen molar-refractivity contribution in [2.75, 3.05) is 11.4 Å². The molecule has 1 heterocycles. The van der Waals surface area contributed by atoms with Gasteiger partial charge in [0.2, 0.25) is 0 Å². The number of hydrogen-bond donors (Lipinski definition) is 1. The second-order valence-corrected chi connectivity index (χ2v) is 4.31. The second-order valence-electron chi connectivity index (χ2n) is 4.31. The molecule has 0 aliphatic heterocycles. The van der Waals surface area contributed by atoms with E-state index >= 15 is 0 Å². The number of pyridine rings is 1. The number of carbonyl (C=O) groups excluding carboxylic acids is 1. The van der Waals surface area contributed by atoms with E-state index in [-0.39, 0.29) is 16.9 Å². The van der Waals surface area contributed by atoms with E-state index in [1.54, 1.807) is 4.90 Å². The van der Waals surface area contributed by atoms with Gasteiger partial charge in [-0.05, 0) is 31.5 Å². The average Bonchev–Trinajstić information content (AvgIpc) is 2.40. The monoisotopic (exact) mass is 256 g/mol. The van der Waals surface area contributed by atoms with Crippen LogP contribution in [0.1, 0.15) is 22.8 Å². The van der Waals surface area contributed by atoms with Crippen LogP contribution < -0.4 is 10.3 Å². The first-order chi connectivity index (χ1) is 9.13. The molecular weight excluding hydrogens is 240 g/mol. The molecule has 0 atom stereocenters.